The van der Waals surface area contributed by atoms with Crippen LogP contribution in [0.1, 0.15) is 29.2 Å². The van der Waals surface area contributed by atoms with Crippen molar-refractivity contribution in [3.63, 3.8) is 0 Å². The number of aliphatic hydroxyl groups excluding tert-OH is 1. The number of aryl methyl sites for hydroxylation is 2. The van der Waals surface area contributed by atoms with E-state index in [1.54, 1.807) is 7.11 Å². The first-order valence-corrected chi connectivity index (χ1v) is 5.44. The first kappa shape index (κ1) is 13.4. The predicted molar refractivity (Wildman–Crippen MR) is 66.1 cm³/mol. The molecule has 5 heteroatoms. The molecule has 1 aromatic carbocycles. The molecule has 0 radical (unpaired) electrons. The minimum atomic E-state index is -0.605. The smallest absolute Gasteiger partial charge is 0.119 e. The fraction of sp³-hybridized carbons (Fsp3) is 0.500. The van der Waals surface area contributed by atoms with Crippen molar-refractivity contribution in [3.05, 3.63) is 39.3 Å². The summed E-state index contributed by atoms with van der Waals surface area (Å²) >= 11 is 0. The molecule has 1 N–H and O–H groups in total. The molecular formula is C12H17N3O2. The highest BCUT2D eigenvalue weighted by Gasteiger charge is 2.13. The summed E-state index contributed by atoms with van der Waals surface area (Å²) in [5.41, 5.74) is 11.0. The van der Waals surface area contributed by atoms with E-state index in [0.29, 0.717) is 13.0 Å². The number of hydrogen-bond acceptors (Lipinski definition) is 3. The number of rotatable bonds is 5. The number of aliphatic hydroxyl groups is 1. The molecule has 92 valence electrons. The van der Waals surface area contributed by atoms with Gasteiger partial charge in [0.25, 0.3) is 0 Å². The first-order chi connectivity index (χ1) is 8.10. The largest absolute Gasteiger partial charge is 0.497 e. The van der Waals surface area contributed by atoms with E-state index in [0.717, 1.165) is 22.4 Å². The fourth-order valence-corrected chi connectivity index (χ4v) is 1.95. The molecule has 1 atom stereocenters. The van der Waals surface area contributed by atoms with E-state index >= 15 is 0 Å². The Labute approximate surface area is 101 Å². The minimum Gasteiger partial charge on any atom is -0.497 e. The summed E-state index contributed by atoms with van der Waals surface area (Å²) in [5, 5.41) is 13.5. The van der Waals surface area contributed by atoms with Gasteiger partial charge in [0.1, 0.15) is 5.75 Å². The summed E-state index contributed by atoms with van der Waals surface area (Å²) in [7, 11) is 1.62. The lowest BCUT2D eigenvalue weighted by molar-refractivity contribution is 0.169. The van der Waals surface area contributed by atoms with Crippen LogP contribution in [0, 0.1) is 13.8 Å². The normalized spacial score (nSPS) is 11.8. The van der Waals surface area contributed by atoms with Gasteiger partial charge in [0.05, 0.1) is 13.2 Å². The molecule has 0 aliphatic carbocycles. The second-order valence-corrected chi connectivity index (χ2v) is 3.93. The number of ether oxygens (including phenoxy) is 1. The number of hydrogen-bond donors (Lipinski definition) is 1. The van der Waals surface area contributed by atoms with Gasteiger partial charge in [0.2, 0.25) is 0 Å². The third kappa shape index (κ3) is 3.37. The van der Waals surface area contributed by atoms with Crippen LogP contribution < -0.4 is 4.74 Å². The summed E-state index contributed by atoms with van der Waals surface area (Å²) in [6.45, 7) is 4.16. The molecule has 0 saturated heterocycles. The van der Waals surface area contributed by atoms with E-state index in [1.165, 1.54) is 0 Å². The van der Waals surface area contributed by atoms with Gasteiger partial charge in [0.15, 0.2) is 0 Å². The van der Waals surface area contributed by atoms with Crippen LogP contribution in [-0.4, -0.2) is 18.8 Å². The molecule has 0 aliphatic heterocycles. The quantitative estimate of drug-likeness (QED) is 0.483. The van der Waals surface area contributed by atoms with Gasteiger partial charge in [-0.3, -0.25) is 0 Å². The van der Waals surface area contributed by atoms with Crippen LogP contribution in [0.25, 0.3) is 10.4 Å². The molecule has 0 spiro atoms. The summed E-state index contributed by atoms with van der Waals surface area (Å²) < 4.78 is 5.16. The van der Waals surface area contributed by atoms with Gasteiger partial charge in [-0.2, -0.15) is 0 Å². The minimum absolute atomic E-state index is 0.294. The maximum Gasteiger partial charge on any atom is 0.119 e. The summed E-state index contributed by atoms with van der Waals surface area (Å²) in [6, 6.07) is 3.78. The Balaban J connectivity index is 2.93. The topological polar surface area (TPSA) is 78.2 Å². The summed E-state index contributed by atoms with van der Waals surface area (Å²) in [4.78, 5) is 2.67. The van der Waals surface area contributed by atoms with Crippen molar-refractivity contribution >= 4 is 0 Å². The highest BCUT2D eigenvalue weighted by Crippen LogP contribution is 2.28. The van der Waals surface area contributed by atoms with Crippen molar-refractivity contribution in [2.75, 3.05) is 13.7 Å². The third-order valence-corrected chi connectivity index (χ3v) is 2.70. The number of benzene rings is 1. The average molecular weight is 235 g/mol. The average Bonchev–Trinajstić information content (AvgIpc) is 2.28. The standard InChI is InChI=1S/C12H17N3O2/c1-8-6-10(17-3)7-9(2)12(8)11(16)4-5-14-15-13/h6-7,11,16H,4-5H2,1-3H3. The van der Waals surface area contributed by atoms with Gasteiger partial charge in [-0.25, -0.2) is 0 Å². The molecular weight excluding hydrogens is 218 g/mol. The zero-order valence-electron chi connectivity index (χ0n) is 10.3. The van der Waals surface area contributed by atoms with Crippen molar-refractivity contribution in [1.82, 2.24) is 0 Å². The Kier molecular flexibility index (Phi) is 4.82. The van der Waals surface area contributed by atoms with E-state index in [1.807, 2.05) is 26.0 Å². The van der Waals surface area contributed by atoms with Gasteiger partial charge in [-0.15, -0.1) is 0 Å². The van der Waals surface area contributed by atoms with Crippen molar-refractivity contribution < 1.29 is 9.84 Å². The Hall–Kier alpha value is -1.71. The molecule has 0 aromatic heterocycles. The molecule has 5 nitrogen and oxygen atoms in total. The molecule has 0 amide bonds. The van der Waals surface area contributed by atoms with E-state index in [-0.39, 0.29) is 0 Å². The Morgan fingerprint density at radius 1 is 1.41 bits per heavy atom. The van der Waals surface area contributed by atoms with Crippen LogP contribution in [0.3, 0.4) is 0 Å². The van der Waals surface area contributed by atoms with E-state index in [2.05, 4.69) is 10.0 Å². The molecule has 0 bridgehead atoms. The second-order valence-electron chi connectivity index (χ2n) is 3.93. The maximum absolute atomic E-state index is 10.0. The van der Waals surface area contributed by atoms with Gasteiger partial charge in [-0.1, -0.05) is 5.11 Å². The van der Waals surface area contributed by atoms with Crippen LogP contribution in [0.2, 0.25) is 0 Å². The molecule has 0 saturated carbocycles. The Morgan fingerprint density at radius 2 is 2.00 bits per heavy atom. The second kappa shape index (κ2) is 6.13. The third-order valence-electron chi connectivity index (χ3n) is 2.70. The summed E-state index contributed by atoms with van der Waals surface area (Å²) in [6.07, 6.45) is -0.177. The van der Waals surface area contributed by atoms with Gasteiger partial charge >= 0.3 is 0 Å². The van der Waals surface area contributed by atoms with Crippen LogP contribution in [0.4, 0.5) is 0 Å². The molecule has 1 aromatic rings. The monoisotopic (exact) mass is 235 g/mol. The van der Waals surface area contributed by atoms with Gasteiger partial charge in [0, 0.05) is 11.5 Å². The lowest BCUT2D eigenvalue weighted by Gasteiger charge is -2.17. The molecule has 0 aliphatic rings. The molecule has 1 unspecified atom stereocenters. The predicted octanol–water partition coefficient (Wildman–Crippen LogP) is 3.05. The number of azide groups is 1. The van der Waals surface area contributed by atoms with Gasteiger partial charge < -0.3 is 9.84 Å². The fourth-order valence-electron chi connectivity index (χ4n) is 1.95. The van der Waals surface area contributed by atoms with Crippen LogP contribution in [-0.2, 0) is 0 Å². The van der Waals surface area contributed by atoms with Crippen molar-refractivity contribution in [2.24, 2.45) is 5.11 Å². The van der Waals surface area contributed by atoms with Crippen LogP contribution in [0.15, 0.2) is 17.2 Å². The Morgan fingerprint density at radius 3 is 2.47 bits per heavy atom. The highest BCUT2D eigenvalue weighted by atomic mass is 16.5. The van der Waals surface area contributed by atoms with Crippen molar-refractivity contribution in [1.29, 1.82) is 0 Å². The van der Waals surface area contributed by atoms with Crippen LogP contribution >= 0.6 is 0 Å². The maximum atomic E-state index is 10.0. The SMILES string of the molecule is COc1cc(C)c(C(O)CCN=[N+]=[N-])c(C)c1. The lowest BCUT2D eigenvalue weighted by Crippen LogP contribution is -2.04. The van der Waals surface area contributed by atoms with E-state index < -0.39 is 6.10 Å². The number of nitrogens with zero attached hydrogens (tertiary/aromatic N) is 3. The highest BCUT2D eigenvalue weighted by molar-refractivity contribution is 5.42. The molecule has 17 heavy (non-hydrogen) atoms. The van der Waals surface area contributed by atoms with E-state index in [9.17, 15) is 5.11 Å². The lowest BCUT2D eigenvalue weighted by atomic mass is 9.96. The zero-order chi connectivity index (χ0) is 12.8. The van der Waals surface area contributed by atoms with Crippen molar-refractivity contribution in [2.45, 2.75) is 26.4 Å². The first-order valence-electron chi connectivity index (χ1n) is 5.44. The van der Waals surface area contributed by atoms with E-state index in [4.69, 9.17) is 10.3 Å². The molecule has 1 rings (SSSR count). The Bertz CT molecular complexity index is 416. The number of methoxy groups -OCH3 is 1. The van der Waals surface area contributed by atoms with Crippen LogP contribution in [0.5, 0.6) is 5.75 Å². The van der Waals surface area contributed by atoms with Crippen molar-refractivity contribution in [3.8, 4) is 5.75 Å². The van der Waals surface area contributed by atoms with Gasteiger partial charge in [-0.05, 0) is 54.6 Å². The molecule has 0 heterocycles. The zero-order valence-corrected chi connectivity index (χ0v) is 10.3. The molecule has 0 fully saturated rings. The summed E-state index contributed by atoms with van der Waals surface area (Å²) in [5.74, 6) is 0.783.